The number of carbonyl (C=O) groups is 2. The highest BCUT2D eigenvalue weighted by atomic mass is 32.2. The topological polar surface area (TPSA) is 75.4 Å². The second-order valence-electron chi connectivity index (χ2n) is 5.51. The predicted octanol–water partition coefficient (Wildman–Crippen LogP) is 1.72. The normalized spacial score (nSPS) is 16.2. The molecule has 22 heavy (non-hydrogen) atoms. The molecule has 3 N–H and O–H groups in total. The van der Waals surface area contributed by atoms with Gasteiger partial charge in [-0.3, -0.25) is 9.59 Å². The molecule has 1 atom stereocenters. The lowest BCUT2D eigenvalue weighted by molar-refractivity contribution is -0.119. The van der Waals surface area contributed by atoms with Gasteiger partial charge in [-0.05, 0) is 24.6 Å². The maximum atomic E-state index is 12.6. The Morgan fingerprint density at radius 1 is 1.36 bits per heavy atom. The van der Waals surface area contributed by atoms with E-state index in [0.717, 1.165) is 30.2 Å². The van der Waals surface area contributed by atoms with Gasteiger partial charge in [-0.25, -0.2) is 0 Å². The van der Waals surface area contributed by atoms with Crippen LogP contribution in [0, 0.1) is 12.8 Å². The Balaban J connectivity index is 2.18. The van der Waals surface area contributed by atoms with Crippen LogP contribution in [0.5, 0.6) is 0 Å². The Morgan fingerprint density at radius 3 is 2.68 bits per heavy atom. The van der Waals surface area contributed by atoms with Gasteiger partial charge in [-0.2, -0.15) is 11.8 Å². The molecule has 1 aromatic carbocycles. The van der Waals surface area contributed by atoms with Crippen LogP contribution in [-0.2, 0) is 4.79 Å². The number of hydrogen-bond acceptors (Lipinski definition) is 4. The molecule has 0 aliphatic carbocycles. The maximum Gasteiger partial charge on any atom is 0.254 e. The summed E-state index contributed by atoms with van der Waals surface area (Å²) in [5.41, 5.74) is 7.67. The fraction of sp³-hybridized carbons (Fsp3) is 0.500. The molecule has 1 heterocycles. The molecule has 5 nitrogen and oxygen atoms in total. The zero-order chi connectivity index (χ0) is 16.1. The van der Waals surface area contributed by atoms with E-state index in [0.29, 0.717) is 17.8 Å². The molecule has 120 valence electrons. The van der Waals surface area contributed by atoms with E-state index in [2.05, 4.69) is 5.32 Å². The average molecular weight is 321 g/mol. The van der Waals surface area contributed by atoms with Gasteiger partial charge in [-0.15, -0.1) is 0 Å². The van der Waals surface area contributed by atoms with E-state index < -0.39 is 0 Å². The van der Waals surface area contributed by atoms with Crippen molar-refractivity contribution < 1.29 is 9.59 Å². The highest BCUT2D eigenvalue weighted by Gasteiger charge is 2.21. The molecule has 2 rings (SSSR count). The summed E-state index contributed by atoms with van der Waals surface area (Å²) in [7, 11) is 0. The fourth-order valence-electron chi connectivity index (χ4n) is 2.30. The maximum absolute atomic E-state index is 12.6. The van der Waals surface area contributed by atoms with Crippen LogP contribution in [0.3, 0.4) is 0 Å². The fourth-order valence-corrected chi connectivity index (χ4v) is 3.21. The summed E-state index contributed by atoms with van der Waals surface area (Å²) < 4.78 is 0. The minimum absolute atomic E-state index is 0.0424. The van der Waals surface area contributed by atoms with Gasteiger partial charge in [0.05, 0.1) is 0 Å². The molecule has 1 unspecified atom stereocenters. The Morgan fingerprint density at radius 2 is 2.05 bits per heavy atom. The standard InChI is InChI=1S/C16H23N3O2S/c1-11(10-17)15(20)18-14-5-3-4-13(12(14)2)16(21)19-6-8-22-9-7-19/h3-5,11H,6-10,17H2,1-2H3,(H,18,20). The zero-order valence-corrected chi connectivity index (χ0v) is 13.9. The summed E-state index contributed by atoms with van der Waals surface area (Å²) in [6.07, 6.45) is 0. The van der Waals surface area contributed by atoms with Gasteiger partial charge in [0.2, 0.25) is 5.91 Å². The van der Waals surface area contributed by atoms with Crippen molar-refractivity contribution >= 4 is 29.3 Å². The molecule has 0 saturated carbocycles. The number of benzene rings is 1. The van der Waals surface area contributed by atoms with Gasteiger partial charge < -0.3 is 16.0 Å². The molecule has 2 amide bonds. The first-order valence-electron chi connectivity index (χ1n) is 7.52. The highest BCUT2D eigenvalue weighted by Crippen LogP contribution is 2.22. The number of nitrogens with one attached hydrogen (secondary N) is 1. The number of thioether (sulfide) groups is 1. The van der Waals surface area contributed by atoms with Gasteiger partial charge in [0.1, 0.15) is 0 Å². The number of rotatable bonds is 4. The van der Waals surface area contributed by atoms with Crippen LogP contribution in [0.2, 0.25) is 0 Å². The number of nitrogens with zero attached hydrogens (tertiary/aromatic N) is 1. The van der Waals surface area contributed by atoms with Crippen molar-refractivity contribution in [1.82, 2.24) is 4.90 Å². The van der Waals surface area contributed by atoms with Crippen molar-refractivity contribution in [2.24, 2.45) is 11.7 Å². The van der Waals surface area contributed by atoms with Gasteiger partial charge in [-0.1, -0.05) is 13.0 Å². The monoisotopic (exact) mass is 321 g/mol. The van der Waals surface area contributed by atoms with E-state index in [-0.39, 0.29) is 17.7 Å². The molecule has 1 fully saturated rings. The van der Waals surface area contributed by atoms with Gasteiger partial charge in [0, 0.05) is 48.3 Å². The summed E-state index contributed by atoms with van der Waals surface area (Å²) in [4.78, 5) is 26.5. The first kappa shape index (κ1) is 16.8. The molecule has 1 saturated heterocycles. The van der Waals surface area contributed by atoms with E-state index in [1.54, 1.807) is 6.92 Å². The third kappa shape index (κ3) is 3.81. The number of carbonyl (C=O) groups excluding carboxylic acids is 2. The van der Waals surface area contributed by atoms with Gasteiger partial charge in [0.25, 0.3) is 5.91 Å². The van der Waals surface area contributed by atoms with E-state index in [1.807, 2.05) is 41.8 Å². The molecular formula is C16H23N3O2S. The zero-order valence-electron chi connectivity index (χ0n) is 13.1. The van der Waals surface area contributed by atoms with Gasteiger partial charge in [0.15, 0.2) is 0 Å². The van der Waals surface area contributed by atoms with Crippen LogP contribution in [0.15, 0.2) is 18.2 Å². The van der Waals surface area contributed by atoms with Crippen molar-refractivity contribution in [2.75, 3.05) is 36.5 Å². The van der Waals surface area contributed by atoms with Crippen LogP contribution in [0.1, 0.15) is 22.8 Å². The van der Waals surface area contributed by atoms with Crippen molar-refractivity contribution in [2.45, 2.75) is 13.8 Å². The lowest BCUT2D eigenvalue weighted by Crippen LogP contribution is -2.38. The van der Waals surface area contributed by atoms with E-state index >= 15 is 0 Å². The van der Waals surface area contributed by atoms with Crippen molar-refractivity contribution in [3.8, 4) is 0 Å². The summed E-state index contributed by atoms with van der Waals surface area (Å²) in [5.74, 6) is 1.63. The number of hydrogen-bond donors (Lipinski definition) is 2. The summed E-state index contributed by atoms with van der Waals surface area (Å²) in [5, 5.41) is 2.87. The minimum Gasteiger partial charge on any atom is -0.337 e. The predicted molar refractivity (Wildman–Crippen MR) is 91.3 cm³/mol. The third-order valence-corrected chi connectivity index (χ3v) is 4.86. The molecule has 0 spiro atoms. The van der Waals surface area contributed by atoms with E-state index in [1.165, 1.54) is 0 Å². The van der Waals surface area contributed by atoms with Crippen molar-refractivity contribution in [1.29, 1.82) is 0 Å². The molecule has 0 bridgehead atoms. The highest BCUT2D eigenvalue weighted by molar-refractivity contribution is 7.99. The number of anilines is 1. The Hall–Kier alpha value is -1.53. The summed E-state index contributed by atoms with van der Waals surface area (Å²) in [6, 6.07) is 5.45. The van der Waals surface area contributed by atoms with Crippen molar-refractivity contribution in [3.63, 3.8) is 0 Å². The quantitative estimate of drug-likeness (QED) is 0.885. The van der Waals surface area contributed by atoms with Gasteiger partial charge >= 0.3 is 0 Å². The molecular weight excluding hydrogens is 298 g/mol. The molecule has 6 heteroatoms. The molecule has 0 radical (unpaired) electrons. The van der Waals surface area contributed by atoms with Crippen molar-refractivity contribution in [3.05, 3.63) is 29.3 Å². The largest absolute Gasteiger partial charge is 0.337 e. The number of amides is 2. The Labute approximate surface area is 135 Å². The smallest absolute Gasteiger partial charge is 0.254 e. The number of nitrogens with two attached hydrogens (primary N) is 1. The first-order valence-corrected chi connectivity index (χ1v) is 8.67. The second kappa shape index (κ2) is 7.65. The van der Waals surface area contributed by atoms with Crippen LogP contribution >= 0.6 is 11.8 Å². The lowest BCUT2D eigenvalue weighted by Gasteiger charge is -2.27. The van der Waals surface area contributed by atoms with Crippen LogP contribution in [0.4, 0.5) is 5.69 Å². The third-order valence-electron chi connectivity index (χ3n) is 3.92. The Kier molecular flexibility index (Phi) is 5.85. The molecule has 1 aliphatic heterocycles. The first-order chi connectivity index (χ1) is 10.5. The van der Waals surface area contributed by atoms with Crippen LogP contribution < -0.4 is 11.1 Å². The summed E-state index contributed by atoms with van der Waals surface area (Å²) >= 11 is 1.87. The average Bonchev–Trinajstić information content (AvgIpc) is 2.56. The molecule has 1 aromatic rings. The minimum atomic E-state index is -0.252. The van der Waals surface area contributed by atoms with E-state index in [9.17, 15) is 9.59 Å². The second-order valence-corrected chi connectivity index (χ2v) is 6.73. The summed E-state index contributed by atoms with van der Waals surface area (Å²) in [6.45, 7) is 5.52. The SMILES string of the molecule is Cc1c(NC(=O)C(C)CN)cccc1C(=O)N1CCSCC1. The molecule has 1 aliphatic rings. The van der Waals surface area contributed by atoms with E-state index in [4.69, 9.17) is 5.73 Å². The molecule has 0 aromatic heterocycles. The Bertz CT molecular complexity index is 556. The van der Waals surface area contributed by atoms with Crippen LogP contribution in [-0.4, -0.2) is 47.9 Å². The lowest BCUT2D eigenvalue weighted by atomic mass is 10.0. The van der Waals surface area contributed by atoms with Crippen LogP contribution in [0.25, 0.3) is 0 Å².